The van der Waals surface area contributed by atoms with E-state index in [4.69, 9.17) is 0 Å². The molecule has 0 radical (unpaired) electrons. The molecule has 0 saturated carbocycles. The van der Waals surface area contributed by atoms with E-state index in [-0.39, 0.29) is 0 Å². The number of hydrogen-bond acceptors (Lipinski definition) is 2. The standard InChI is InChI=1S/C11H15BrN2/c1-13-7-11-5-8-2-3-10(12)4-9(8)6-14-11/h2-4,11,13-14H,5-7H2,1H3. The molecule has 1 aliphatic heterocycles. The van der Waals surface area contributed by atoms with Gasteiger partial charge in [-0.3, -0.25) is 0 Å². The van der Waals surface area contributed by atoms with Crippen molar-refractivity contribution >= 4 is 15.9 Å². The molecule has 1 atom stereocenters. The van der Waals surface area contributed by atoms with Crippen LogP contribution in [-0.4, -0.2) is 19.6 Å². The smallest absolute Gasteiger partial charge is 0.0236 e. The van der Waals surface area contributed by atoms with Gasteiger partial charge in [0, 0.05) is 23.6 Å². The number of benzene rings is 1. The fourth-order valence-electron chi connectivity index (χ4n) is 1.94. The Kier molecular flexibility index (Phi) is 3.21. The quantitative estimate of drug-likeness (QED) is 0.840. The van der Waals surface area contributed by atoms with Crippen molar-refractivity contribution in [1.29, 1.82) is 0 Å². The minimum absolute atomic E-state index is 0.577. The Morgan fingerprint density at radius 1 is 1.50 bits per heavy atom. The van der Waals surface area contributed by atoms with Gasteiger partial charge in [0.25, 0.3) is 0 Å². The third-order valence-electron chi connectivity index (χ3n) is 2.67. The molecule has 2 nitrogen and oxygen atoms in total. The van der Waals surface area contributed by atoms with Crippen molar-refractivity contribution in [1.82, 2.24) is 10.6 Å². The molecule has 0 bridgehead atoms. The van der Waals surface area contributed by atoms with E-state index < -0.39 is 0 Å². The Bertz CT molecular complexity index is 325. The largest absolute Gasteiger partial charge is 0.318 e. The summed E-state index contributed by atoms with van der Waals surface area (Å²) < 4.78 is 1.17. The topological polar surface area (TPSA) is 24.1 Å². The summed E-state index contributed by atoms with van der Waals surface area (Å²) in [6, 6.07) is 7.13. The summed E-state index contributed by atoms with van der Waals surface area (Å²) in [6.45, 7) is 2.02. The van der Waals surface area contributed by atoms with Crippen LogP contribution in [-0.2, 0) is 13.0 Å². The van der Waals surface area contributed by atoms with Gasteiger partial charge in [-0.05, 0) is 36.7 Å². The molecular weight excluding hydrogens is 240 g/mol. The fourth-order valence-corrected chi connectivity index (χ4v) is 2.35. The molecule has 0 aromatic heterocycles. The van der Waals surface area contributed by atoms with Crippen molar-refractivity contribution in [2.45, 2.75) is 19.0 Å². The fraction of sp³-hybridized carbons (Fsp3) is 0.455. The number of halogens is 1. The first-order valence-corrected chi connectivity index (χ1v) is 5.74. The van der Waals surface area contributed by atoms with Gasteiger partial charge < -0.3 is 10.6 Å². The lowest BCUT2D eigenvalue weighted by Crippen LogP contribution is -2.42. The van der Waals surface area contributed by atoms with Crippen LogP contribution in [0.5, 0.6) is 0 Å². The van der Waals surface area contributed by atoms with E-state index in [1.807, 2.05) is 7.05 Å². The Morgan fingerprint density at radius 2 is 2.36 bits per heavy atom. The lowest BCUT2D eigenvalue weighted by atomic mass is 9.96. The molecule has 0 fully saturated rings. The average molecular weight is 255 g/mol. The van der Waals surface area contributed by atoms with Crippen LogP contribution in [0.3, 0.4) is 0 Å². The molecule has 1 aromatic rings. The molecule has 14 heavy (non-hydrogen) atoms. The van der Waals surface area contributed by atoms with Gasteiger partial charge in [0.2, 0.25) is 0 Å². The summed E-state index contributed by atoms with van der Waals surface area (Å²) in [5.74, 6) is 0. The van der Waals surface area contributed by atoms with E-state index in [2.05, 4.69) is 44.8 Å². The van der Waals surface area contributed by atoms with Crippen LogP contribution in [0.25, 0.3) is 0 Å². The third kappa shape index (κ3) is 2.16. The Morgan fingerprint density at radius 3 is 3.14 bits per heavy atom. The monoisotopic (exact) mass is 254 g/mol. The Hall–Kier alpha value is -0.380. The Labute approximate surface area is 93.2 Å². The predicted octanol–water partition coefficient (Wildman–Crippen LogP) is 1.68. The molecule has 0 saturated heterocycles. The van der Waals surface area contributed by atoms with E-state index in [1.165, 1.54) is 15.6 Å². The van der Waals surface area contributed by atoms with E-state index in [9.17, 15) is 0 Å². The zero-order valence-corrected chi connectivity index (χ0v) is 9.89. The lowest BCUT2D eigenvalue weighted by Gasteiger charge is -2.26. The summed E-state index contributed by atoms with van der Waals surface area (Å²) in [6.07, 6.45) is 1.13. The summed E-state index contributed by atoms with van der Waals surface area (Å²) >= 11 is 3.50. The first-order valence-electron chi connectivity index (χ1n) is 4.95. The van der Waals surface area contributed by atoms with Crippen LogP contribution in [0, 0.1) is 0 Å². The van der Waals surface area contributed by atoms with E-state index in [1.54, 1.807) is 0 Å². The van der Waals surface area contributed by atoms with Gasteiger partial charge in [-0.2, -0.15) is 0 Å². The van der Waals surface area contributed by atoms with Crippen molar-refractivity contribution in [3.63, 3.8) is 0 Å². The van der Waals surface area contributed by atoms with Gasteiger partial charge >= 0.3 is 0 Å². The van der Waals surface area contributed by atoms with Gasteiger partial charge in [-0.1, -0.05) is 22.0 Å². The molecule has 1 aliphatic rings. The molecule has 2 rings (SSSR count). The molecule has 76 valence electrons. The van der Waals surface area contributed by atoms with Crippen molar-refractivity contribution in [2.75, 3.05) is 13.6 Å². The van der Waals surface area contributed by atoms with E-state index >= 15 is 0 Å². The highest BCUT2D eigenvalue weighted by Crippen LogP contribution is 2.21. The van der Waals surface area contributed by atoms with Crippen molar-refractivity contribution < 1.29 is 0 Å². The molecule has 0 spiro atoms. The van der Waals surface area contributed by atoms with Crippen molar-refractivity contribution in [3.8, 4) is 0 Å². The Balaban J connectivity index is 2.15. The second-order valence-electron chi connectivity index (χ2n) is 3.75. The average Bonchev–Trinajstić information content (AvgIpc) is 2.19. The zero-order valence-electron chi connectivity index (χ0n) is 8.31. The maximum Gasteiger partial charge on any atom is 0.0236 e. The zero-order chi connectivity index (χ0) is 9.97. The van der Waals surface area contributed by atoms with Gasteiger partial charge in [0.15, 0.2) is 0 Å². The van der Waals surface area contributed by atoms with Gasteiger partial charge in [-0.15, -0.1) is 0 Å². The number of fused-ring (bicyclic) bond motifs is 1. The van der Waals surface area contributed by atoms with E-state index in [0.717, 1.165) is 19.5 Å². The van der Waals surface area contributed by atoms with Gasteiger partial charge in [0.1, 0.15) is 0 Å². The maximum atomic E-state index is 3.52. The van der Waals surface area contributed by atoms with Crippen molar-refractivity contribution in [3.05, 3.63) is 33.8 Å². The normalized spacial score (nSPS) is 20.6. The summed E-state index contributed by atoms with van der Waals surface area (Å²) in [5.41, 5.74) is 2.90. The molecule has 3 heteroatoms. The van der Waals surface area contributed by atoms with Crippen molar-refractivity contribution in [2.24, 2.45) is 0 Å². The highest BCUT2D eigenvalue weighted by atomic mass is 79.9. The number of likely N-dealkylation sites (N-methyl/N-ethyl adjacent to an activating group) is 1. The first kappa shape index (κ1) is 10.1. The minimum atomic E-state index is 0.577. The van der Waals surface area contributed by atoms with Crippen LogP contribution >= 0.6 is 15.9 Å². The lowest BCUT2D eigenvalue weighted by molar-refractivity contribution is 0.462. The van der Waals surface area contributed by atoms with E-state index in [0.29, 0.717) is 6.04 Å². The van der Waals surface area contributed by atoms with Crippen LogP contribution in [0.15, 0.2) is 22.7 Å². The SMILES string of the molecule is CNCC1Cc2ccc(Br)cc2CN1. The second kappa shape index (κ2) is 4.43. The van der Waals surface area contributed by atoms with Gasteiger partial charge in [-0.25, -0.2) is 0 Å². The van der Waals surface area contributed by atoms with Crippen LogP contribution in [0.4, 0.5) is 0 Å². The molecule has 1 unspecified atom stereocenters. The minimum Gasteiger partial charge on any atom is -0.318 e. The predicted molar refractivity (Wildman–Crippen MR) is 62.4 cm³/mol. The molecule has 1 heterocycles. The maximum absolute atomic E-state index is 3.52. The molecule has 1 aromatic carbocycles. The summed E-state index contributed by atoms with van der Waals surface area (Å²) in [5, 5.41) is 6.73. The first-order chi connectivity index (χ1) is 6.79. The summed E-state index contributed by atoms with van der Waals surface area (Å²) in [4.78, 5) is 0. The third-order valence-corrected chi connectivity index (χ3v) is 3.16. The molecule has 0 aliphatic carbocycles. The molecule has 2 N–H and O–H groups in total. The van der Waals surface area contributed by atoms with Gasteiger partial charge in [0.05, 0.1) is 0 Å². The second-order valence-corrected chi connectivity index (χ2v) is 4.67. The van der Waals surface area contributed by atoms with Crippen LogP contribution in [0.1, 0.15) is 11.1 Å². The highest BCUT2D eigenvalue weighted by Gasteiger charge is 2.16. The molecule has 0 amide bonds. The number of nitrogens with one attached hydrogen (secondary N) is 2. The van der Waals surface area contributed by atoms with Crippen LogP contribution < -0.4 is 10.6 Å². The highest BCUT2D eigenvalue weighted by molar-refractivity contribution is 9.10. The van der Waals surface area contributed by atoms with Crippen LogP contribution in [0.2, 0.25) is 0 Å². The number of hydrogen-bond donors (Lipinski definition) is 2. The summed E-state index contributed by atoms with van der Waals surface area (Å²) in [7, 11) is 2.00. The number of rotatable bonds is 2. The molecular formula is C11H15BrN2.